The summed E-state index contributed by atoms with van der Waals surface area (Å²) in [6, 6.07) is 15.1. The number of ether oxygens (including phenoxy) is 1. The number of amides is 2. The van der Waals surface area contributed by atoms with E-state index in [2.05, 4.69) is 25.8 Å². The fourth-order valence-electron chi connectivity index (χ4n) is 4.14. The minimum Gasteiger partial charge on any atom is -0.397 e. The number of anilines is 3. The van der Waals surface area contributed by atoms with Crippen molar-refractivity contribution in [3.05, 3.63) is 89.6 Å². The zero-order valence-electron chi connectivity index (χ0n) is 22.2. The Morgan fingerprint density at radius 1 is 1.02 bits per heavy atom. The summed E-state index contributed by atoms with van der Waals surface area (Å²) in [5, 5.41) is 8.56. The SMILES string of the molecule is Nc1ccccc1NC(=O)C=Cc1ccc(C(NCCN2CCOCC2)C(=O)Nc2ccc(C(F)(F)F)cn2)cc1. The molecule has 0 radical (unpaired) electrons. The Kier molecular flexibility index (Phi) is 10.1. The van der Waals surface area contributed by atoms with E-state index in [1.165, 1.54) is 6.08 Å². The molecule has 9 nitrogen and oxygen atoms in total. The number of nitrogens with zero attached hydrogens (tertiary/aromatic N) is 2. The molecular formula is C29H31F3N6O3. The first-order valence-electron chi connectivity index (χ1n) is 13.0. The van der Waals surface area contributed by atoms with E-state index in [1.54, 1.807) is 54.6 Å². The average Bonchev–Trinajstić information content (AvgIpc) is 2.96. The molecule has 1 saturated heterocycles. The van der Waals surface area contributed by atoms with Gasteiger partial charge in [0.15, 0.2) is 0 Å². The monoisotopic (exact) mass is 568 g/mol. The van der Waals surface area contributed by atoms with Crippen LogP contribution < -0.4 is 21.7 Å². The van der Waals surface area contributed by atoms with Gasteiger partial charge in [-0.25, -0.2) is 4.98 Å². The highest BCUT2D eigenvalue weighted by molar-refractivity contribution is 6.03. The molecule has 4 rings (SSSR count). The molecule has 2 aromatic carbocycles. The molecule has 1 aromatic heterocycles. The van der Waals surface area contributed by atoms with Crippen molar-refractivity contribution in [1.82, 2.24) is 15.2 Å². The largest absolute Gasteiger partial charge is 0.417 e. The van der Waals surface area contributed by atoms with Gasteiger partial charge in [-0.05, 0) is 41.5 Å². The second kappa shape index (κ2) is 13.9. The quantitative estimate of drug-likeness (QED) is 0.216. The van der Waals surface area contributed by atoms with E-state index >= 15 is 0 Å². The lowest BCUT2D eigenvalue weighted by atomic mass is 10.0. The molecule has 1 fully saturated rings. The van der Waals surface area contributed by atoms with Crippen LogP contribution in [0.1, 0.15) is 22.7 Å². The Balaban J connectivity index is 1.43. The Bertz CT molecular complexity index is 1340. The van der Waals surface area contributed by atoms with Crippen molar-refractivity contribution in [3.63, 3.8) is 0 Å². The third kappa shape index (κ3) is 8.87. The summed E-state index contributed by atoms with van der Waals surface area (Å²) in [4.78, 5) is 31.5. The van der Waals surface area contributed by atoms with Crippen LogP contribution in [-0.4, -0.2) is 61.1 Å². The molecule has 1 aliphatic rings. The molecule has 2 amide bonds. The van der Waals surface area contributed by atoms with Gasteiger partial charge in [-0.15, -0.1) is 0 Å². The summed E-state index contributed by atoms with van der Waals surface area (Å²) < 4.78 is 44.0. The van der Waals surface area contributed by atoms with Crippen LogP contribution in [0.2, 0.25) is 0 Å². The smallest absolute Gasteiger partial charge is 0.397 e. The number of nitrogens with two attached hydrogens (primary N) is 1. The molecular weight excluding hydrogens is 537 g/mol. The second-order valence-corrected chi connectivity index (χ2v) is 9.34. The third-order valence-electron chi connectivity index (χ3n) is 6.40. The van der Waals surface area contributed by atoms with Crippen molar-refractivity contribution in [2.45, 2.75) is 12.2 Å². The molecule has 0 aliphatic carbocycles. The van der Waals surface area contributed by atoms with Crippen molar-refractivity contribution in [2.24, 2.45) is 0 Å². The fourth-order valence-corrected chi connectivity index (χ4v) is 4.14. The van der Waals surface area contributed by atoms with Gasteiger partial charge in [0.05, 0.1) is 30.2 Å². The fraction of sp³-hybridized carbons (Fsp3) is 0.276. The van der Waals surface area contributed by atoms with E-state index in [0.717, 1.165) is 30.8 Å². The minimum absolute atomic E-state index is 0.00704. The number of carbonyl (C=O) groups is 2. The maximum atomic E-state index is 13.2. The summed E-state index contributed by atoms with van der Waals surface area (Å²) >= 11 is 0. The van der Waals surface area contributed by atoms with Crippen LogP contribution in [0.3, 0.4) is 0 Å². The number of nitrogens with one attached hydrogen (secondary N) is 3. The molecule has 12 heteroatoms. The molecule has 0 saturated carbocycles. The topological polar surface area (TPSA) is 122 Å². The van der Waals surface area contributed by atoms with Gasteiger partial charge in [-0.3, -0.25) is 14.5 Å². The number of alkyl halides is 3. The van der Waals surface area contributed by atoms with Crippen molar-refractivity contribution in [1.29, 1.82) is 0 Å². The number of morpholine rings is 1. The molecule has 3 aromatic rings. The number of aromatic nitrogens is 1. The summed E-state index contributed by atoms with van der Waals surface area (Å²) in [5.41, 5.74) is 7.28. The average molecular weight is 569 g/mol. The van der Waals surface area contributed by atoms with E-state index < -0.39 is 23.7 Å². The van der Waals surface area contributed by atoms with Crippen LogP contribution in [0.15, 0.2) is 72.9 Å². The van der Waals surface area contributed by atoms with Crippen molar-refractivity contribution >= 4 is 35.1 Å². The summed E-state index contributed by atoms with van der Waals surface area (Å²) in [6.45, 7) is 4.06. The van der Waals surface area contributed by atoms with Crippen molar-refractivity contribution in [2.75, 3.05) is 55.8 Å². The highest BCUT2D eigenvalue weighted by Crippen LogP contribution is 2.29. The maximum absolute atomic E-state index is 13.2. The molecule has 2 heterocycles. The normalized spacial score (nSPS) is 15.0. The molecule has 1 unspecified atom stereocenters. The third-order valence-corrected chi connectivity index (χ3v) is 6.40. The van der Waals surface area contributed by atoms with E-state index in [-0.39, 0.29) is 11.7 Å². The molecule has 1 aliphatic heterocycles. The van der Waals surface area contributed by atoms with E-state index in [4.69, 9.17) is 10.5 Å². The number of carbonyl (C=O) groups excluding carboxylic acids is 2. The van der Waals surface area contributed by atoms with Gasteiger partial charge in [-0.1, -0.05) is 36.4 Å². The molecule has 41 heavy (non-hydrogen) atoms. The maximum Gasteiger partial charge on any atom is 0.417 e. The number of rotatable bonds is 10. The van der Waals surface area contributed by atoms with Crippen LogP contribution in [0.4, 0.5) is 30.4 Å². The van der Waals surface area contributed by atoms with Crippen LogP contribution in [0, 0.1) is 0 Å². The summed E-state index contributed by atoms with van der Waals surface area (Å²) in [6.07, 6.45) is -0.835. The Labute approximate surface area is 235 Å². The van der Waals surface area contributed by atoms with Gasteiger partial charge < -0.3 is 26.4 Å². The first kappa shape index (κ1) is 29.7. The number of nitrogen functional groups attached to an aromatic ring is 1. The number of halogens is 3. The Hall–Kier alpha value is -4.26. The number of benzene rings is 2. The molecule has 0 spiro atoms. The van der Waals surface area contributed by atoms with Gasteiger partial charge in [0.1, 0.15) is 11.9 Å². The first-order valence-corrected chi connectivity index (χ1v) is 13.0. The zero-order chi connectivity index (χ0) is 29.2. The van der Waals surface area contributed by atoms with Crippen LogP contribution in [0.5, 0.6) is 0 Å². The van der Waals surface area contributed by atoms with Gasteiger partial charge in [0.25, 0.3) is 0 Å². The minimum atomic E-state index is -4.52. The van der Waals surface area contributed by atoms with Gasteiger partial charge in [0, 0.05) is 38.5 Å². The summed E-state index contributed by atoms with van der Waals surface area (Å²) in [7, 11) is 0. The second-order valence-electron chi connectivity index (χ2n) is 9.34. The van der Waals surface area contributed by atoms with E-state index in [0.29, 0.717) is 49.4 Å². The number of hydrogen-bond donors (Lipinski definition) is 4. The first-order chi connectivity index (χ1) is 19.7. The molecule has 1 atom stereocenters. The van der Waals surface area contributed by atoms with Crippen LogP contribution in [0.25, 0.3) is 6.08 Å². The van der Waals surface area contributed by atoms with E-state index in [1.807, 2.05) is 0 Å². The predicted molar refractivity (Wildman–Crippen MR) is 151 cm³/mol. The van der Waals surface area contributed by atoms with Gasteiger partial charge >= 0.3 is 6.18 Å². The van der Waals surface area contributed by atoms with Crippen molar-refractivity contribution in [3.8, 4) is 0 Å². The van der Waals surface area contributed by atoms with Gasteiger partial charge in [-0.2, -0.15) is 13.2 Å². The highest BCUT2D eigenvalue weighted by Gasteiger charge is 2.31. The predicted octanol–water partition coefficient (Wildman–Crippen LogP) is 3.94. The number of hydrogen-bond acceptors (Lipinski definition) is 7. The zero-order valence-corrected chi connectivity index (χ0v) is 22.2. The molecule has 5 N–H and O–H groups in total. The lowest BCUT2D eigenvalue weighted by molar-refractivity contribution is -0.137. The van der Waals surface area contributed by atoms with Crippen LogP contribution >= 0.6 is 0 Å². The lowest BCUT2D eigenvalue weighted by Gasteiger charge is -2.27. The summed E-state index contributed by atoms with van der Waals surface area (Å²) in [5.74, 6) is -0.812. The lowest BCUT2D eigenvalue weighted by Crippen LogP contribution is -2.42. The van der Waals surface area contributed by atoms with Crippen molar-refractivity contribution < 1.29 is 27.5 Å². The highest BCUT2D eigenvalue weighted by atomic mass is 19.4. The molecule has 216 valence electrons. The van der Waals surface area contributed by atoms with E-state index in [9.17, 15) is 22.8 Å². The van der Waals surface area contributed by atoms with Gasteiger partial charge in [0.2, 0.25) is 11.8 Å². The number of para-hydroxylation sites is 2. The Morgan fingerprint density at radius 3 is 2.41 bits per heavy atom. The standard InChI is InChI=1S/C29H31F3N6O3/c30-29(31,32)22-10-11-25(35-19-22)37-28(40)27(34-13-14-38-15-17-41-18-16-38)21-8-5-20(6-9-21)7-12-26(39)36-24-4-2-1-3-23(24)33/h1-12,19,27,34H,13-18,33H2,(H,36,39)(H,35,37,40). The van der Waals surface area contributed by atoms with Crippen LogP contribution in [-0.2, 0) is 20.5 Å². The number of pyridine rings is 1. The molecule has 0 bridgehead atoms. The Morgan fingerprint density at radius 2 is 1.76 bits per heavy atom.